The predicted molar refractivity (Wildman–Crippen MR) is 82.2 cm³/mol. The molecular weight excluding hydrogens is 292 g/mol. The number of sulfonamides is 1. The lowest BCUT2D eigenvalue weighted by Crippen LogP contribution is -2.27. The standard InChI is InChI=1S/C14H24N2O4S/c1-3-15-9-12-20-13-5-7-14(8-6-13)21(17,18)16-10-11-19-4-2/h5-8,15-16H,3-4,9-12H2,1-2H3. The molecule has 1 rings (SSSR count). The van der Waals surface area contributed by atoms with Gasteiger partial charge >= 0.3 is 0 Å². The summed E-state index contributed by atoms with van der Waals surface area (Å²) in [5.41, 5.74) is 0. The molecule has 7 heteroatoms. The molecule has 0 saturated carbocycles. The highest BCUT2D eigenvalue weighted by Gasteiger charge is 2.13. The summed E-state index contributed by atoms with van der Waals surface area (Å²) in [5.74, 6) is 0.654. The van der Waals surface area contributed by atoms with Crippen molar-refractivity contribution in [3.63, 3.8) is 0 Å². The van der Waals surface area contributed by atoms with E-state index >= 15 is 0 Å². The molecule has 0 atom stereocenters. The molecule has 0 fully saturated rings. The van der Waals surface area contributed by atoms with Crippen molar-refractivity contribution in [3.05, 3.63) is 24.3 Å². The molecular formula is C14H24N2O4S. The van der Waals surface area contributed by atoms with Crippen LogP contribution >= 0.6 is 0 Å². The Labute approximate surface area is 126 Å². The Morgan fingerprint density at radius 3 is 2.38 bits per heavy atom. The summed E-state index contributed by atoms with van der Waals surface area (Å²) in [7, 11) is -3.48. The first-order chi connectivity index (χ1) is 10.1. The molecule has 0 aromatic heterocycles. The van der Waals surface area contributed by atoms with Crippen LogP contribution < -0.4 is 14.8 Å². The van der Waals surface area contributed by atoms with Gasteiger partial charge in [0.1, 0.15) is 12.4 Å². The van der Waals surface area contributed by atoms with Gasteiger partial charge in [0.05, 0.1) is 11.5 Å². The van der Waals surface area contributed by atoms with Crippen molar-refractivity contribution in [3.8, 4) is 5.75 Å². The van der Waals surface area contributed by atoms with Gasteiger partial charge in [-0.25, -0.2) is 13.1 Å². The highest BCUT2D eigenvalue weighted by molar-refractivity contribution is 7.89. The summed E-state index contributed by atoms with van der Waals surface area (Å²) in [5, 5.41) is 3.14. The normalized spacial score (nSPS) is 11.5. The first kappa shape index (κ1) is 17.9. The van der Waals surface area contributed by atoms with Gasteiger partial charge in [0.15, 0.2) is 0 Å². The summed E-state index contributed by atoms with van der Waals surface area (Å²) >= 11 is 0. The molecule has 0 aliphatic carbocycles. The van der Waals surface area contributed by atoms with E-state index in [0.717, 1.165) is 13.1 Å². The second kappa shape index (κ2) is 9.73. The number of hydrogen-bond acceptors (Lipinski definition) is 5. The van der Waals surface area contributed by atoms with Crippen molar-refractivity contribution >= 4 is 10.0 Å². The van der Waals surface area contributed by atoms with Crippen LogP contribution in [-0.4, -0.2) is 47.9 Å². The summed E-state index contributed by atoms with van der Waals surface area (Å²) in [6.45, 7) is 7.29. The maximum absolute atomic E-state index is 12.0. The van der Waals surface area contributed by atoms with Gasteiger partial charge < -0.3 is 14.8 Å². The number of nitrogens with one attached hydrogen (secondary N) is 2. The van der Waals surface area contributed by atoms with Gasteiger partial charge in [0, 0.05) is 19.7 Å². The lowest BCUT2D eigenvalue weighted by Gasteiger charge is -2.09. The van der Waals surface area contributed by atoms with E-state index in [1.807, 2.05) is 13.8 Å². The molecule has 2 N–H and O–H groups in total. The topological polar surface area (TPSA) is 76.7 Å². The van der Waals surface area contributed by atoms with E-state index in [0.29, 0.717) is 25.6 Å². The van der Waals surface area contributed by atoms with Crippen molar-refractivity contribution in [2.45, 2.75) is 18.7 Å². The molecule has 0 radical (unpaired) electrons. The lowest BCUT2D eigenvalue weighted by atomic mass is 10.3. The molecule has 0 unspecified atom stereocenters. The van der Waals surface area contributed by atoms with Gasteiger partial charge in [-0.05, 0) is 37.7 Å². The van der Waals surface area contributed by atoms with E-state index in [1.54, 1.807) is 12.1 Å². The molecule has 1 aromatic rings. The van der Waals surface area contributed by atoms with Gasteiger partial charge in [-0.1, -0.05) is 6.92 Å². The van der Waals surface area contributed by atoms with Crippen LogP contribution in [0.5, 0.6) is 5.75 Å². The first-order valence-corrected chi connectivity index (χ1v) is 8.59. The lowest BCUT2D eigenvalue weighted by molar-refractivity contribution is 0.153. The van der Waals surface area contributed by atoms with Crippen LogP contribution in [0.25, 0.3) is 0 Å². The predicted octanol–water partition coefficient (Wildman–Crippen LogP) is 0.990. The van der Waals surface area contributed by atoms with Crippen LogP contribution in [0.2, 0.25) is 0 Å². The second-order valence-corrected chi connectivity index (χ2v) is 6.04. The van der Waals surface area contributed by atoms with E-state index in [9.17, 15) is 8.42 Å². The van der Waals surface area contributed by atoms with Crippen LogP contribution in [0.1, 0.15) is 13.8 Å². The maximum atomic E-state index is 12.0. The molecule has 0 heterocycles. The molecule has 0 aliphatic rings. The van der Waals surface area contributed by atoms with E-state index in [-0.39, 0.29) is 11.4 Å². The highest BCUT2D eigenvalue weighted by atomic mass is 32.2. The Hall–Kier alpha value is -1.15. The van der Waals surface area contributed by atoms with Crippen LogP contribution in [0.15, 0.2) is 29.2 Å². The van der Waals surface area contributed by atoms with Gasteiger partial charge in [-0.3, -0.25) is 0 Å². The summed E-state index contributed by atoms with van der Waals surface area (Å²) in [6.07, 6.45) is 0. The van der Waals surface area contributed by atoms with Gasteiger partial charge in [0.2, 0.25) is 10.0 Å². The zero-order valence-electron chi connectivity index (χ0n) is 12.6. The molecule has 0 aliphatic heterocycles. The number of benzene rings is 1. The van der Waals surface area contributed by atoms with Gasteiger partial charge in [0.25, 0.3) is 0 Å². The van der Waals surface area contributed by atoms with Crippen molar-refractivity contribution in [1.29, 1.82) is 0 Å². The zero-order valence-corrected chi connectivity index (χ0v) is 13.4. The fraction of sp³-hybridized carbons (Fsp3) is 0.571. The number of ether oxygens (including phenoxy) is 2. The van der Waals surface area contributed by atoms with Gasteiger partial charge in [-0.15, -0.1) is 0 Å². The van der Waals surface area contributed by atoms with E-state index < -0.39 is 10.0 Å². The Morgan fingerprint density at radius 1 is 1.05 bits per heavy atom. The van der Waals surface area contributed by atoms with Crippen molar-refractivity contribution in [2.24, 2.45) is 0 Å². The summed E-state index contributed by atoms with van der Waals surface area (Å²) < 4.78 is 37.0. The third-order valence-electron chi connectivity index (χ3n) is 2.67. The second-order valence-electron chi connectivity index (χ2n) is 4.27. The minimum absolute atomic E-state index is 0.220. The molecule has 1 aromatic carbocycles. The van der Waals surface area contributed by atoms with Crippen LogP contribution in [0.4, 0.5) is 0 Å². The van der Waals surface area contributed by atoms with Crippen LogP contribution in [0.3, 0.4) is 0 Å². The Bertz CT molecular complexity index is 488. The Balaban J connectivity index is 2.48. The van der Waals surface area contributed by atoms with Crippen LogP contribution in [-0.2, 0) is 14.8 Å². The SMILES string of the molecule is CCNCCOc1ccc(S(=O)(=O)NCCOCC)cc1. The third kappa shape index (κ3) is 6.90. The first-order valence-electron chi connectivity index (χ1n) is 7.11. The van der Waals surface area contributed by atoms with E-state index in [2.05, 4.69) is 10.0 Å². The quantitative estimate of drug-likeness (QED) is 0.595. The van der Waals surface area contributed by atoms with Crippen molar-refractivity contribution in [2.75, 3.05) is 39.5 Å². The molecule has 0 spiro atoms. The minimum Gasteiger partial charge on any atom is -0.492 e. The smallest absolute Gasteiger partial charge is 0.240 e. The number of rotatable bonds is 11. The Kier molecular flexibility index (Phi) is 8.29. The average molecular weight is 316 g/mol. The average Bonchev–Trinajstić information content (AvgIpc) is 2.49. The monoisotopic (exact) mass is 316 g/mol. The fourth-order valence-corrected chi connectivity index (χ4v) is 2.62. The third-order valence-corrected chi connectivity index (χ3v) is 4.15. The van der Waals surface area contributed by atoms with Gasteiger partial charge in [-0.2, -0.15) is 0 Å². The van der Waals surface area contributed by atoms with Crippen molar-refractivity contribution < 1.29 is 17.9 Å². The zero-order chi connectivity index (χ0) is 15.6. The molecule has 120 valence electrons. The van der Waals surface area contributed by atoms with E-state index in [1.165, 1.54) is 12.1 Å². The van der Waals surface area contributed by atoms with Crippen molar-refractivity contribution in [1.82, 2.24) is 10.0 Å². The number of hydrogen-bond donors (Lipinski definition) is 2. The molecule has 0 amide bonds. The molecule has 0 saturated heterocycles. The van der Waals surface area contributed by atoms with E-state index in [4.69, 9.17) is 9.47 Å². The molecule has 21 heavy (non-hydrogen) atoms. The Morgan fingerprint density at radius 2 is 1.76 bits per heavy atom. The number of likely N-dealkylation sites (N-methyl/N-ethyl adjacent to an activating group) is 1. The summed E-state index contributed by atoms with van der Waals surface area (Å²) in [4.78, 5) is 0.220. The molecule has 0 bridgehead atoms. The maximum Gasteiger partial charge on any atom is 0.240 e. The minimum atomic E-state index is -3.48. The largest absolute Gasteiger partial charge is 0.492 e. The fourth-order valence-electron chi connectivity index (χ4n) is 1.61. The molecule has 6 nitrogen and oxygen atoms in total. The highest BCUT2D eigenvalue weighted by Crippen LogP contribution is 2.15. The van der Waals surface area contributed by atoms with Crippen LogP contribution in [0, 0.1) is 0 Å². The summed E-state index contributed by atoms with van der Waals surface area (Å²) in [6, 6.07) is 6.38.